The van der Waals surface area contributed by atoms with Gasteiger partial charge in [0.25, 0.3) is 5.22 Å². The third-order valence-electron chi connectivity index (χ3n) is 2.84. The Hall–Kier alpha value is -1.40. The van der Waals surface area contributed by atoms with E-state index in [2.05, 4.69) is 22.4 Å². The van der Waals surface area contributed by atoms with Gasteiger partial charge >= 0.3 is 0 Å². The second kappa shape index (κ2) is 6.85. The topological polar surface area (TPSA) is 51.0 Å². The van der Waals surface area contributed by atoms with Gasteiger partial charge in [0.1, 0.15) is 5.82 Å². The minimum Gasteiger partial charge on any atom is -0.416 e. The summed E-state index contributed by atoms with van der Waals surface area (Å²) in [5.41, 5.74) is 0.902. The molecule has 0 aliphatic heterocycles. The van der Waals surface area contributed by atoms with E-state index in [1.807, 2.05) is 6.92 Å². The molecule has 6 heteroatoms. The normalized spacial score (nSPS) is 12.6. The number of nitrogens with one attached hydrogen (secondary N) is 1. The molecular formula is C14H18FN3OS. The van der Waals surface area contributed by atoms with Crippen LogP contribution >= 0.6 is 11.8 Å². The Labute approximate surface area is 122 Å². The molecule has 1 heterocycles. The van der Waals surface area contributed by atoms with Crippen molar-refractivity contribution in [1.29, 1.82) is 0 Å². The van der Waals surface area contributed by atoms with Crippen molar-refractivity contribution >= 4 is 11.8 Å². The lowest BCUT2D eigenvalue weighted by Gasteiger charge is -2.16. The van der Waals surface area contributed by atoms with Crippen molar-refractivity contribution < 1.29 is 8.81 Å². The van der Waals surface area contributed by atoms with Crippen LogP contribution in [0, 0.1) is 12.7 Å². The minimum atomic E-state index is -0.240. The fourth-order valence-electron chi connectivity index (χ4n) is 1.84. The zero-order valence-electron chi connectivity index (χ0n) is 11.8. The van der Waals surface area contributed by atoms with Gasteiger partial charge in [0.2, 0.25) is 5.89 Å². The third kappa shape index (κ3) is 3.80. The molecule has 0 radical (unpaired) electrons. The molecule has 0 aliphatic carbocycles. The Morgan fingerprint density at radius 2 is 2.20 bits per heavy atom. The smallest absolute Gasteiger partial charge is 0.281 e. The molecule has 0 amide bonds. The van der Waals surface area contributed by atoms with Crippen LogP contribution in [0.3, 0.4) is 0 Å². The highest BCUT2D eigenvalue weighted by Crippen LogP contribution is 2.33. The summed E-state index contributed by atoms with van der Waals surface area (Å²) < 4.78 is 18.8. The monoisotopic (exact) mass is 295 g/mol. The average Bonchev–Trinajstić information content (AvgIpc) is 2.83. The van der Waals surface area contributed by atoms with Gasteiger partial charge in [-0.25, -0.2) is 4.39 Å². The quantitative estimate of drug-likeness (QED) is 0.880. The highest BCUT2D eigenvalue weighted by molar-refractivity contribution is 7.99. The summed E-state index contributed by atoms with van der Waals surface area (Å²) in [6.45, 7) is 6.76. The second-order valence-corrected chi connectivity index (χ2v) is 5.54. The number of halogens is 1. The Bertz CT molecular complexity index is 573. The number of nitrogens with zero attached hydrogens (tertiary/aromatic N) is 2. The zero-order valence-corrected chi connectivity index (χ0v) is 12.6. The number of aromatic nitrogens is 2. The van der Waals surface area contributed by atoms with Gasteiger partial charge in [0.05, 0.1) is 0 Å². The first-order valence-corrected chi connectivity index (χ1v) is 7.42. The lowest BCUT2D eigenvalue weighted by molar-refractivity contribution is 0.429. The van der Waals surface area contributed by atoms with Crippen molar-refractivity contribution in [3.8, 4) is 0 Å². The lowest BCUT2D eigenvalue weighted by Crippen LogP contribution is -2.20. The standard InChI is InChI=1S/C14H18FN3OS/c1-4-7-16-9(2)12-8-11(15)5-6-13(12)20-14-18-17-10(3)19-14/h5-6,8-9,16H,4,7H2,1-3H3. The molecule has 108 valence electrons. The molecule has 20 heavy (non-hydrogen) atoms. The maximum atomic E-state index is 13.5. The fourth-order valence-corrected chi connectivity index (χ4v) is 2.76. The summed E-state index contributed by atoms with van der Waals surface area (Å²) >= 11 is 1.36. The number of benzene rings is 1. The van der Waals surface area contributed by atoms with E-state index in [4.69, 9.17) is 4.42 Å². The molecule has 1 aromatic carbocycles. The molecule has 1 aromatic heterocycles. The number of hydrogen-bond acceptors (Lipinski definition) is 5. The molecule has 0 saturated carbocycles. The first-order chi connectivity index (χ1) is 9.60. The van der Waals surface area contributed by atoms with E-state index in [0.717, 1.165) is 23.4 Å². The molecule has 0 aliphatic rings. The van der Waals surface area contributed by atoms with Gasteiger partial charge in [-0.1, -0.05) is 6.92 Å². The summed E-state index contributed by atoms with van der Waals surface area (Å²) in [6, 6.07) is 4.82. The Balaban J connectivity index is 2.23. The van der Waals surface area contributed by atoms with Crippen molar-refractivity contribution in [1.82, 2.24) is 15.5 Å². The molecule has 1 atom stereocenters. The molecule has 2 aromatic rings. The molecule has 0 saturated heterocycles. The van der Waals surface area contributed by atoms with E-state index in [-0.39, 0.29) is 11.9 Å². The van der Waals surface area contributed by atoms with Gasteiger partial charge in [0, 0.05) is 17.9 Å². The van der Waals surface area contributed by atoms with Gasteiger partial charge in [-0.2, -0.15) is 0 Å². The minimum absolute atomic E-state index is 0.0668. The van der Waals surface area contributed by atoms with Crippen LogP contribution in [-0.4, -0.2) is 16.7 Å². The summed E-state index contributed by atoms with van der Waals surface area (Å²) in [5, 5.41) is 11.6. The molecule has 0 fully saturated rings. The van der Waals surface area contributed by atoms with Crippen molar-refractivity contribution in [2.75, 3.05) is 6.54 Å². The molecule has 4 nitrogen and oxygen atoms in total. The Morgan fingerprint density at radius 1 is 1.40 bits per heavy atom. The first-order valence-electron chi connectivity index (χ1n) is 6.61. The Morgan fingerprint density at radius 3 is 2.85 bits per heavy atom. The van der Waals surface area contributed by atoms with Crippen molar-refractivity contribution in [2.24, 2.45) is 0 Å². The predicted octanol–water partition coefficient (Wildman–Crippen LogP) is 3.73. The van der Waals surface area contributed by atoms with Crippen LogP contribution in [0.5, 0.6) is 0 Å². The van der Waals surface area contributed by atoms with Crippen LogP contribution in [0.25, 0.3) is 0 Å². The molecule has 2 rings (SSSR count). The molecule has 0 spiro atoms. The third-order valence-corrected chi connectivity index (χ3v) is 3.77. The largest absolute Gasteiger partial charge is 0.416 e. The van der Waals surface area contributed by atoms with Crippen LogP contribution in [0.2, 0.25) is 0 Å². The van der Waals surface area contributed by atoms with E-state index >= 15 is 0 Å². The van der Waals surface area contributed by atoms with Crippen molar-refractivity contribution in [3.63, 3.8) is 0 Å². The van der Waals surface area contributed by atoms with Crippen LogP contribution in [0.4, 0.5) is 4.39 Å². The van der Waals surface area contributed by atoms with E-state index in [1.165, 1.54) is 17.8 Å². The summed E-state index contributed by atoms with van der Waals surface area (Å²) in [7, 11) is 0. The van der Waals surface area contributed by atoms with E-state index < -0.39 is 0 Å². The van der Waals surface area contributed by atoms with Crippen LogP contribution in [0.1, 0.15) is 37.8 Å². The fraction of sp³-hybridized carbons (Fsp3) is 0.429. The molecule has 0 bridgehead atoms. The van der Waals surface area contributed by atoms with Crippen molar-refractivity contribution in [2.45, 2.75) is 43.4 Å². The van der Waals surface area contributed by atoms with Crippen LogP contribution in [-0.2, 0) is 0 Å². The second-order valence-electron chi connectivity index (χ2n) is 4.55. The average molecular weight is 295 g/mol. The van der Waals surface area contributed by atoms with Gasteiger partial charge in [0.15, 0.2) is 0 Å². The zero-order chi connectivity index (χ0) is 14.5. The molecule has 1 N–H and O–H groups in total. The Kier molecular flexibility index (Phi) is 5.14. The molecular weight excluding hydrogens is 277 g/mol. The summed E-state index contributed by atoms with van der Waals surface area (Å²) in [6.07, 6.45) is 1.03. The van der Waals surface area contributed by atoms with Crippen LogP contribution in [0.15, 0.2) is 32.7 Å². The van der Waals surface area contributed by atoms with Gasteiger partial charge in [-0.3, -0.25) is 0 Å². The van der Waals surface area contributed by atoms with E-state index in [9.17, 15) is 4.39 Å². The van der Waals surface area contributed by atoms with Gasteiger partial charge in [-0.05, 0) is 55.4 Å². The van der Waals surface area contributed by atoms with Gasteiger partial charge < -0.3 is 9.73 Å². The SMILES string of the molecule is CCCNC(C)c1cc(F)ccc1Sc1nnc(C)o1. The summed E-state index contributed by atoms with van der Waals surface area (Å²) in [5.74, 6) is 0.282. The number of hydrogen-bond donors (Lipinski definition) is 1. The summed E-state index contributed by atoms with van der Waals surface area (Å²) in [4.78, 5) is 0.922. The maximum absolute atomic E-state index is 13.5. The van der Waals surface area contributed by atoms with Crippen molar-refractivity contribution in [3.05, 3.63) is 35.5 Å². The highest BCUT2D eigenvalue weighted by atomic mass is 32.2. The lowest BCUT2D eigenvalue weighted by atomic mass is 10.1. The van der Waals surface area contributed by atoms with Gasteiger partial charge in [-0.15, -0.1) is 10.2 Å². The maximum Gasteiger partial charge on any atom is 0.281 e. The molecule has 1 unspecified atom stereocenters. The number of aryl methyl sites for hydroxylation is 1. The van der Waals surface area contributed by atoms with E-state index in [0.29, 0.717) is 11.1 Å². The highest BCUT2D eigenvalue weighted by Gasteiger charge is 2.14. The number of rotatable bonds is 6. The first kappa shape index (κ1) is 15.0. The predicted molar refractivity (Wildman–Crippen MR) is 76.3 cm³/mol. The van der Waals surface area contributed by atoms with Crippen LogP contribution < -0.4 is 5.32 Å². The van der Waals surface area contributed by atoms with E-state index in [1.54, 1.807) is 19.1 Å².